The zero-order valence-corrected chi connectivity index (χ0v) is 15.1. The van der Waals surface area contributed by atoms with Crippen molar-refractivity contribution in [2.45, 2.75) is 13.0 Å². The maximum absolute atomic E-state index is 12.4. The number of rotatable bonds is 7. The van der Waals surface area contributed by atoms with E-state index in [2.05, 4.69) is 31.5 Å². The van der Waals surface area contributed by atoms with Gasteiger partial charge >= 0.3 is 0 Å². The summed E-state index contributed by atoms with van der Waals surface area (Å²) in [5, 5.41) is 9.61. The van der Waals surface area contributed by atoms with E-state index in [9.17, 15) is 4.79 Å². The second-order valence-electron chi connectivity index (χ2n) is 6.48. The Labute approximate surface area is 153 Å². The number of pyridine rings is 1. The lowest BCUT2D eigenvalue weighted by Crippen LogP contribution is -2.25. The Morgan fingerprint density at radius 2 is 2.04 bits per heavy atom. The monoisotopic (exact) mass is 349 g/mol. The Hall–Kier alpha value is -2.99. The Morgan fingerprint density at radius 1 is 1.15 bits per heavy atom. The molecule has 2 N–H and O–H groups in total. The van der Waals surface area contributed by atoms with E-state index < -0.39 is 0 Å². The Morgan fingerprint density at radius 3 is 2.73 bits per heavy atom. The van der Waals surface area contributed by atoms with Crippen LogP contribution in [-0.2, 0) is 13.0 Å². The highest BCUT2D eigenvalue weighted by atomic mass is 16.1. The largest absolute Gasteiger partial charge is 0.352 e. The van der Waals surface area contributed by atoms with Crippen molar-refractivity contribution in [1.29, 1.82) is 0 Å². The number of nitrogens with one attached hydrogen (secondary N) is 2. The first-order valence-electron chi connectivity index (χ1n) is 8.58. The highest BCUT2D eigenvalue weighted by Crippen LogP contribution is 2.19. The average Bonchev–Trinajstić information content (AvgIpc) is 3.15. The maximum Gasteiger partial charge on any atom is 0.251 e. The first kappa shape index (κ1) is 17.8. The molecule has 0 aliphatic heterocycles. The van der Waals surface area contributed by atoms with Gasteiger partial charge < -0.3 is 10.2 Å². The molecule has 3 aromatic rings. The van der Waals surface area contributed by atoms with Crippen LogP contribution >= 0.6 is 0 Å². The van der Waals surface area contributed by atoms with Crippen LogP contribution in [0.2, 0.25) is 0 Å². The maximum atomic E-state index is 12.4. The number of hydrogen-bond acceptors (Lipinski definition) is 4. The van der Waals surface area contributed by atoms with Gasteiger partial charge in [0.15, 0.2) is 0 Å². The van der Waals surface area contributed by atoms with Gasteiger partial charge in [-0.2, -0.15) is 5.10 Å². The fraction of sp³-hybridized carbons (Fsp3) is 0.250. The number of aromatic nitrogens is 3. The summed E-state index contributed by atoms with van der Waals surface area (Å²) in [5.41, 5.74) is 4.66. The van der Waals surface area contributed by atoms with Crippen molar-refractivity contribution in [1.82, 2.24) is 25.4 Å². The van der Waals surface area contributed by atoms with Crippen LogP contribution in [0.15, 0.2) is 55.0 Å². The predicted octanol–water partition coefficient (Wildman–Crippen LogP) is 2.51. The molecule has 6 heteroatoms. The number of hydrogen-bond donors (Lipinski definition) is 2. The van der Waals surface area contributed by atoms with Gasteiger partial charge in [0.2, 0.25) is 0 Å². The SMILES string of the molecule is CN(C)Cc1ccc(-c2cccc(C(=O)NCCc3cn[nH]c3)c2)nc1. The molecule has 0 aliphatic rings. The summed E-state index contributed by atoms with van der Waals surface area (Å²) in [6.45, 7) is 1.42. The highest BCUT2D eigenvalue weighted by molar-refractivity contribution is 5.95. The fourth-order valence-electron chi connectivity index (χ4n) is 2.71. The van der Waals surface area contributed by atoms with E-state index in [0.29, 0.717) is 12.1 Å². The summed E-state index contributed by atoms with van der Waals surface area (Å²) < 4.78 is 0. The highest BCUT2D eigenvalue weighted by Gasteiger charge is 2.08. The van der Waals surface area contributed by atoms with E-state index in [-0.39, 0.29) is 5.91 Å². The lowest BCUT2D eigenvalue weighted by atomic mass is 10.1. The third-order valence-corrected chi connectivity index (χ3v) is 4.00. The third-order valence-electron chi connectivity index (χ3n) is 4.00. The summed E-state index contributed by atoms with van der Waals surface area (Å²) in [6.07, 6.45) is 6.22. The number of nitrogens with zero attached hydrogens (tertiary/aromatic N) is 3. The molecule has 2 aromatic heterocycles. The molecule has 0 fully saturated rings. The van der Waals surface area contributed by atoms with Gasteiger partial charge in [-0.15, -0.1) is 0 Å². The summed E-state index contributed by atoms with van der Waals surface area (Å²) >= 11 is 0. The van der Waals surface area contributed by atoms with Crippen molar-refractivity contribution >= 4 is 5.91 Å². The molecule has 6 nitrogen and oxygen atoms in total. The zero-order valence-electron chi connectivity index (χ0n) is 15.1. The third kappa shape index (κ3) is 4.77. The molecule has 0 atom stereocenters. The summed E-state index contributed by atoms with van der Waals surface area (Å²) in [7, 11) is 4.06. The summed E-state index contributed by atoms with van der Waals surface area (Å²) in [5.74, 6) is -0.0837. The van der Waals surface area contributed by atoms with E-state index in [1.54, 1.807) is 6.20 Å². The predicted molar refractivity (Wildman–Crippen MR) is 102 cm³/mol. The van der Waals surface area contributed by atoms with Crippen molar-refractivity contribution in [3.63, 3.8) is 0 Å². The van der Waals surface area contributed by atoms with Gasteiger partial charge in [-0.1, -0.05) is 18.2 Å². The van der Waals surface area contributed by atoms with Gasteiger partial charge in [0.1, 0.15) is 0 Å². The molecule has 0 spiro atoms. The molecule has 26 heavy (non-hydrogen) atoms. The number of H-pyrrole nitrogens is 1. The molecule has 0 aliphatic carbocycles. The summed E-state index contributed by atoms with van der Waals surface area (Å²) in [6, 6.07) is 11.6. The van der Waals surface area contributed by atoms with E-state index in [1.165, 1.54) is 0 Å². The number of aromatic amines is 1. The minimum Gasteiger partial charge on any atom is -0.352 e. The van der Waals surface area contributed by atoms with Crippen LogP contribution in [0.4, 0.5) is 0 Å². The van der Waals surface area contributed by atoms with E-state index in [1.807, 2.05) is 56.8 Å². The van der Waals surface area contributed by atoms with E-state index in [4.69, 9.17) is 0 Å². The van der Waals surface area contributed by atoms with Gasteiger partial charge in [0, 0.05) is 36.6 Å². The van der Waals surface area contributed by atoms with Gasteiger partial charge in [-0.05, 0) is 49.8 Å². The average molecular weight is 349 g/mol. The quantitative estimate of drug-likeness (QED) is 0.687. The molecule has 0 saturated heterocycles. The molecule has 0 saturated carbocycles. The lowest BCUT2D eigenvalue weighted by molar-refractivity contribution is 0.0954. The zero-order chi connectivity index (χ0) is 18.4. The van der Waals surface area contributed by atoms with Crippen LogP contribution < -0.4 is 5.32 Å². The Bertz CT molecular complexity index is 841. The smallest absolute Gasteiger partial charge is 0.251 e. The van der Waals surface area contributed by atoms with Crippen LogP contribution in [-0.4, -0.2) is 46.6 Å². The molecule has 2 heterocycles. The van der Waals surface area contributed by atoms with Crippen LogP contribution in [0.3, 0.4) is 0 Å². The van der Waals surface area contributed by atoms with Crippen molar-refractivity contribution in [3.8, 4) is 11.3 Å². The number of carbonyl (C=O) groups excluding carboxylic acids is 1. The molecule has 134 valence electrons. The number of carbonyl (C=O) groups is 1. The van der Waals surface area contributed by atoms with E-state index in [0.717, 1.165) is 35.3 Å². The van der Waals surface area contributed by atoms with Crippen LogP contribution in [0, 0.1) is 0 Å². The van der Waals surface area contributed by atoms with Crippen LogP contribution in [0.1, 0.15) is 21.5 Å². The first-order chi connectivity index (χ1) is 12.6. The second-order valence-corrected chi connectivity index (χ2v) is 6.48. The second kappa shape index (κ2) is 8.40. The normalized spacial score (nSPS) is 10.9. The molecule has 3 rings (SSSR count). The van der Waals surface area contributed by atoms with Crippen molar-refractivity contribution in [2.75, 3.05) is 20.6 Å². The van der Waals surface area contributed by atoms with Crippen LogP contribution in [0.25, 0.3) is 11.3 Å². The van der Waals surface area contributed by atoms with Crippen molar-refractivity contribution in [3.05, 3.63) is 71.7 Å². The Balaban J connectivity index is 1.64. The molecule has 1 amide bonds. The molecule has 1 aromatic carbocycles. The van der Waals surface area contributed by atoms with Gasteiger partial charge in [0.25, 0.3) is 5.91 Å². The number of benzene rings is 1. The molecule has 0 unspecified atom stereocenters. The van der Waals surface area contributed by atoms with Gasteiger partial charge in [0.05, 0.1) is 11.9 Å². The van der Waals surface area contributed by atoms with Gasteiger partial charge in [-0.3, -0.25) is 14.9 Å². The first-order valence-corrected chi connectivity index (χ1v) is 8.58. The molecule has 0 bridgehead atoms. The minimum absolute atomic E-state index is 0.0837. The topological polar surface area (TPSA) is 73.9 Å². The fourth-order valence-corrected chi connectivity index (χ4v) is 2.71. The van der Waals surface area contributed by atoms with Crippen molar-refractivity contribution in [2.24, 2.45) is 0 Å². The Kier molecular flexibility index (Phi) is 5.76. The van der Waals surface area contributed by atoms with E-state index >= 15 is 0 Å². The van der Waals surface area contributed by atoms with Crippen LogP contribution in [0.5, 0.6) is 0 Å². The van der Waals surface area contributed by atoms with Crippen molar-refractivity contribution < 1.29 is 4.79 Å². The summed E-state index contributed by atoms with van der Waals surface area (Å²) in [4.78, 5) is 19.0. The molecular formula is C20H23N5O. The standard InChI is InChI=1S/C20H23N5O/c1-25(2)14-16-6-7-19(22-11-16)17-4-3-5-18(10-17)20(26)21-9-8-15-12-23-24-13-15/h3-7,10-13H,8-9,14H2,1-2H3,(H,21,26)(H,23,24). The lowest BCUT2D eigenvalue weighted by Gasteiger charge is -2.10. The molecular weight excluding hydrogens is 326 g/mol. The number of amides is 1. The minimum atomic E-state index is -0.0837. The van der Waals surface area contributed by atoms with Gasteiger partial charge in [-0.25, -0.2) is 0 Å². The molecule has 0 radical (unpaired) electrons.